The van der Waals surface area contributed by atoms with Gasteiger partial charge in [0.05, 0.1) is 32.0 Å². The molecule has 1 saturated carbocycles. The number of benzene rings is 1. The highest BCUT2D eigenvalue weighted by atomic mass is 16.5. The molecule has 0 spiro atoms. The predicted molar refractivity (Wildman–Crippen MR) is 91.3 cm³/mol. The van der Waals surface area contributed by atoms with Gasteiger partial charge in [-0.3, -0.25) is 4.79 Å². The van der Waals surface area contributed by atoms with Crippen LogP contribution in [-0.2, 0) is 9.47 Å². The summed E-state index contributed by atoms with van der Waals surface area (Å²) in [6.45, 7) is 5.10. The van der Waals surface area contributed by atoms with E-state index >= 15 is 0 Å². The first kappa shape index (κ1) is 16.7. The van der Waals surface area contributed by atoms with E-state index in [1.54, 1.807) is 0 Å². The van der Waals surface area contributed by atoms with Gasteiger partial charge in [0.1, 0.15) is 6.10 Å². The van der Waals surface area contributed by atoms with Gasteiger partial charge in [-0.2, -0.15) is 0 Å². The Bertz CT molecular complexity index is 634. The monoisotopic (exact) mass is 347 g/mol. The van der Waals surface area contributed by atoms with Crippen molar-refractivity contribution in [3.63, 3.8) is 0 Å². The normalized spacial score (nSPS) is 28.4. The summed E-state index contributed by atoms with van der Waals surface area (Å²) in [5.74, 6) is 1.41. The van der Waals surface area contributed by atoms with Crippen molar-refractivity contribution < 1.29 is 23.7 Å². The SMILES string of the molecule is CCO[C@H]1CC[C@H]2[C@H]1OCCN2C(=O)c1ccc2c(c1)OCCCO2. The lowest BCUT2D eigenvalue weighted by Crippen LogP contribution is -2.53. The molecule has 136 valence electrons. The van der Waals surface area contributed by atoms with Crippen molar-refractivity contribution in [1.82, 2.24) is 4.90 Å². The first-order valence-electron chi connectivity index (χ1n) is 9.21. The summed E-state index contributed by atoms with van der Waals surface area (Å²) in [4.78, 5) is 15.1. The summed E-state index contributed by atoms with van der Waals surface area (Å²) < 4.78 is 23.1. The molecule has 1 aromatic rings. The largest absolute Gasteiger partial charge is 0.490 e. The zero-order chi connectivity index (χ0) is 17.2. The van der Waals surface area contributed by atoms with Gasteiger partial charge in [-0.15, -0.1) is 0 Å². The number of hydrogen-bond donors (Lipinski definition) is 0. The van der Waals surface area contributed by atoms with E-state index in [1.807, 2.05) is 30.0 Å². The van der Waals surface area contributed by atoms with Crippen LogP contribution in [0.3, 0.4) is 0 Å². The Balaban J connectivity index is 1.53. The molecule has 2 heterocycles. The van der Waals surface area contributed by atoms with E-state index < -0.39 is 0 Å². The van der Waals surface area contributed by atoms with Crippen molar-refractivity contribution in [2.75, 3.05) is 33.0 Å². The molecule has 2 aliphatic heterocycles. The van der Waals surface area contributed by atoms with Crippen LogP contribution in [0, 0.1) is 0 Å². The van der Waals surface area contributed by atoms with E-state index in [1.165, 1.54) is 0 Å². The second-order valence-electron chi connectivity index (χ2n) is 6.68. The summed E-state index contributed by atoms with van der Waals surface area (Å²) >= 11 is 0. The lowest BCUT2D eigenvalue weighted by atomic mass is 10.1. The number of amides is 1. The summed E-state index contributed by atoms with van der Waals surface area (Å²) in [5, 5.41) is 0. The maximum atomic E-state index is 13.1. The zero-order valence-electron chi connectivity index (χ0n) is 14.6. The molecule has 0 N–H and O–H groups in total. The van der Waals surface area contributed by atoms with Crippen LogP contribution in [0.1, 0.15) is 36.5 Å². The number of fused-ring (bicyclic) bond motifs is 2. The summed E-state index contributed by atoms with van der Waals surface area (Å²) in [7, 11) is 0. The average molecular weight is 347 g/mol. The standard InChI is InChI=1S/C19H25NO5/c1-2-22-16-7-5-14-18(16)25-11-8-20(14)19(21)13-4-6-15-17(12-13)24-10-3-9-23-15/h4,6,12,14,16,18H,2-3,5,7-11H2,1H3/t14-,16-,18+/m0/s1. The first-order chi connectivity index (χ1) is 12.3. The van der Waals surface area contributed by atoms with E-state index in [4.69, 9.17) is 18.9 Å². The Kier molecular flexibility index (Phi) is 4.81. The Hall–Kier alpha value is -1.79. The molecule has 3 atom stereocenters. The number of ether oxygens (including phenoxy) is 4. The lowest BCUT2D eigenvalue weighted by Gasteiger charge is -2.39. The Morgan fingerprint density at radius 2 is 2.04 bits per heavy atom. The fraction of sp³-hybridized carbons (Fsp3) is 0.632. The highest BCUT2D eigenvalue weighted by Crippen LogP contribution is 2.35. The van der Waals surface area contributed by atoms with Crippen LogP contribution >= 0.6 is 0 Å². The van der Waals surface area contributed by atoms with E-state index in [-0.39, 0.29) is 24.2 Å². The molecule has 6 nitrogen and oxygen atoms in total. The van der Waals surface area contributed by atoms with Gasteiger partial charge in [-0.05, 0) is 38.0 Å². The van der Waals surface area contributed by atoms with Gasteiger partial charge in [0.2, 0.25) is 0 Å². The van der Waals surface area contributed by atoms with Crippen molar-refractivity contribution in [2.24, 2.45) is 0 Å². The van der Waals surface area contributed by atoms with Crippen LogP contribution in [0.5, 0.6) is 11.5 Å². The van der Waals surface area contributed by atoms with Crippen molar-refractivity contribution in [1.29, 1.82) is 0 Å². The number of rotatable bonds is 3. The third kappa shape index (κ3) is 3.20. The average Bonchev–Trinajstić information content (AvgIpc) is 2.90. The maximum Gasteiger partial charge on any atom is 0.254 e. The van der Waals surface area contributed by atoms with Gasteiger partial charge in [0.25, 0.3) is 5.91 Å². The van der Waals surface area contributed by atoms with Crippen LogP contribution in [0.25, 0.3) is 0 Å². The molecule has 1 amide bonds. The zero-order valence-corrected chi connectivity index (χ0v) is 14.6. The summed E-state index contributed by atoms with van der Waals surface area (Å²) in [6.07, 6.45) is 2.79. The number of nitrogens with zero attached hydrogens (tertiary/aromatic N) is 1. The summed E-state index contributed by atoms with van der Waals surface area (Å²) in [5.41, 5.74) is 0.643. The molecular formula is C19H25NO5. The fourth-order valence-electron chi connectivity index (χ4n) is 4.02. The van der Waals surface area contributed by atoms with Gasteiger partial charge < -0.3 is 23.8 Å². The van der Waals surface area contributed by atoms with Gasteiger partial charge >= 0.3 is 0 Å². The second-order valence-corrected chi connectivity index (χ2v) is 6.68. The van der Waals surface area contributed by atoms with Crippen LogP contribution < -0.4 is 9.47 Å². The summed E-state index contributed by atoms with van der Waals surface area (Å²) in [6, 6.07) is 5.56. The Morgan fingerprint density at radius 3 is 2.88 bits per heavy atom. The second kappa shape index (κ2) is 7.22. The fourth-order valence-corrected chi connectivity index (χ4v) is 4.02. The smallest absolute Gasteiger partial charge is 0.254 e. The third-order valence-corrected chi connectivity index (χ3v) is 5.17. The molecule has 6 heteroatoms. The maximum absolute atomic E-state index is 13.1. The van der Waals surface area contributed by atoms with Gasteiger partial charge in [-0.25, -0.2) is 0 Å². The van der Waals surface area contributed by atoms with E-state index in [0.29, 0.717) is 50.0 Å². The Morgan fingerprint density at radius 1 is 1.20 bits per heavy atom. The van der Waals surface area contributed by atoms with Crippen LogP contribution in [-0.4, -0.2) is 62.0 Å². The minimum atomic E-state index is -0.0157. The van der Waals surface area contributed by atoms with Gasteiger partial charge in [0.15, 0.2) is 11.5 Å². The number of morpholine rings is 1. The molecule has 3 aliphatic rings. The quantitative estimate of drug-likeness (QED) is 0.839. The van der Waals surface area contributed by atoms with Crippen LogP contribution in [0.4, 0.5) is 0 Å². The highest BCUT2D eigenvalue weighted by Gasteiger charge is 2.45. The molecule has 0 bridgehead atoms. The lowest BCUT2D eigenvalue weighted by molar-refractivity contribution is -0.102. The van der Waals surface area contributed by atoms with Crippen molar-refractivity contribution >= 4 is 5.91 Å². The van der Waals surface area contributed by atoms with E-state index in [0.717, 1.165) is 19.3 Å². The number of carbonyl (C=O) groups excluding carboxylic acids is 1. The van der Waals surface area contributed by atoms with Crippen LogP contribution in [0.2, 0.25) is 0 Å². The van der Waals surface area contributed by atoms with Crippen LogP contribution in [0.15, 0.2) is 18.2 Å². The Labute approximate surface area is 148 Å². The number of carbonyl (C=O) groups is 1. The van der Waals surface area contributed by atoms with Gasteiger partial charge in [0, 0.05) is 25.1 Å². The van der Waals surface area contributed by atoms with Gasteiger partial charge in [-0.1, -0.05) is 0 Å². The minimum Gasteiger partial charge on any atom is -0.490 e. The molecule has 1 aliphatic carbocycles. The van der Waals surface area contributed by atoms with Crippen molar-refractivity contribution in [3.8, 4) is 11.5 Å². The van der Waals surface area contributed by atoms with E-state index in [2.05, 4.69) is 0 Å². The first-order valence-corrected chi connectivity index (χ1v) is 9.21. The molecule has 1 saturated heterocycles. The molecule has 25 heavy (non-hydrogen) atoms. The molecular weight excluding hydrogens is 322 g/mol. The molecule has 0 radical (unpaired) electrons. The molecule has 0 unspecified atom stereocenters. The molecule has 2 fully saturated rings. The molecule has 0 aromatic heterocycles. The molecule has 4 rings (SSSR count). The third-order valence-electron chi connectivity index (χ3n) is 5.17. The van der Waals surface area contributed by atoms with Crippen molar-refractivity contribution in [2.45, 2.75) is 44.4 Å². The number of hydrogen-bond acceptors (Lipinski definition) is 5. The minimum absolute atomic E-state index is 0.0157. The predicted octanol–water partition coefficient (Wildman–Crippen LogP) is 2.26. The molecule has 1 aromatic carbocycles. The van der Waals surface area contributed by atoms with E-state index in [9.17, 15) is 4.79 Å². The topological polar surface area (TPSA) is 57.2 Å². The highest BCUT2D eigenvalue weighted by molar-refractivity contribution is 5.95. The van der Waals surface area contributed by atoms with Crippen molar-refractivity contribution in [3.05, 3.63) is 23.8 Å².